The first-order valence-electron chi connectivity index (χ1n) is 10.3. The van der Waals surface area contributed by atoms with Gasteiger partial charge in [-0.15, -0.1) is 0 Å². The van der Waals surface area contributed by atoms with Gasteiger partial charge < -0.3 is 15.4 Å². The number of carbonyl (C=O) groups excluding carboxylic acids is 2. The van der Waals surface area contributed by atoms with Crippen molar-refractivity contribution >= 4 is 33.2 Å². The van der Waals surface area contributed by atoms with Crippen LogP contribution in [0.5, 0.6) is 0 Å². The monoisotopic (exact) mass is 467 g/mol. The van der Waals surface area contributed by atoms with Gasteiger partial charge in [0, 0.05) is 31.5 Å². The summed E-state index contributed by atoms with van der Waals surface area (Å²) in [5, 5.41) is 5.52. The number of carbonyl (C=O) groups is 2. The quantitative estimate of drug-likeness (QED) is 0.395. The maximum atomic E-state index is 12.8. The Morgan fingerprint density at radius 3 is 2.36 bits per heavy atom. The number of nitrogens with one attached hydrogen (secondary N) is 3. The molecule has 0 aliphatic heterocycles. The molecule has 0 saturated heterocycles. The van der Waals surface area contributed by atoms with E-state index in [1.54, 1.807) is 67.8 Å². The van der Waals surface area contributed by atoms with Gasteiger partial charge in [-0.25, -0.2) is 8.42 Å². The molecule has 3 aromatic carbocycles. The zero-order chi connectivity index (χ0) is 23.7. The molecule has 9 heteroatoms. The number of ether oxygens (including phenoxy) is 1. The highest BCUT2D eigenvalue weighted by atomic mass is 32.2. The highest BCUT2D eigenvalue weighted by Gasteiger charge is 2.16. The van der Waals surface area contributed by atoms with E-state index in [1.807, 2.05) is 0 Å². The Kier molecular flexibility index (Phi) is 8.17. The Bertz CT molecular complexity index is 1210. The van der Waals surface area contributed by atoms with E-state index in [0.717, 1.165) is 0 Å². The fourth-order valence-corrected chi connectivity index (χ4v) is 4.11. The summed E-state index contributed by atoms with van der Waals surface area (Å²) in [6.45, 7) is 0.974. The summed E-state index contributed by atoms with van der Waals surface area (Å²) in [6.07, 6.45) is 0.669. The Morgan fingerprint density at radius 2 is 1.61 bits per heavy atom. The maximum absolute atomic E-state index is 12.8. The number of hydrogen-bond acceptors (Lipinski definition) is 5. The van der Waals surface area contributed by atoms with Gasteiger partial charge in [-0.1, -0.05) is 36.4 Å². The minimum absolute atomic E-state index is 0.116. The molecule has 172 valence electrons. The van der Waals surface area contributed by atoms with E-state index in [-0.39, 0.29) is 22.1 Å². The van der Waals surface area contributed by atoms with Gasteiger partial charge in [0.15, 0.2) is 0 Å². The Morgan fingerprint density at radius 1 is 0.879 bits per heavy atom. The molecule has 8 nitrogen and oxygen atoms in total. The van der Waals surface area contributed by atoms with Gasteiger partial charge in [0.1, 0.15) is 0 Å². The zero-order valence-electron chi connectivity index (χ0n) is 18.1. The van der Waals surface area contributed by atoms with Crippen LogP contribution in [0.1, 0.15) is 27.1 Å². The molecule has 0 atom stereocenters. The van der Waals surface area contributed by atoms with Crippen molar-refractivity contribution in [1.29, 1.82) is 0 Å². The lowest BCUT2D eigenvalue weighted by Crippen LogP contribution is -2.26. The summed E-state index contributed by atoms with van der Waals surface area (Å²) in [4.78, 5) is 25.5. The third-order valence-electron chi connectivity index (χ3n) is 4.66. The van der Waals surface area contributed by atoms with E-state index in [4.69, 9.17) is 4.74 Å². The molecule has 0 aliphatic carbocycles. The van der Waals surface area contributed by atoms with Gasteiger partial charge >= 0.3 is 0 Å². The molecule has 0 spiro atoms. The number of benzene rings is 3. The lowest BCUT2D eigenvalue weighted by molar-refractivity contribution is 0.0949. The van der Waals surface area contributed by atoms with Gasteiger partial charge in [-0.05, 0) is 48.9 Å². The van der Waals surface area contributed by atoms with Crippen LogP contribution in [0.15, 0.2) is 83.8 Å². The largest absolute Gasteiger partial charge is 0.385 e. The molecular weight excluding hydrogens is 442 g/mol. The topological polar surface area (TPSA) is 114 Å². The average Bonchev–Trinajstić information content (AvgIpc) is 2.82. The number of rotatable bonds is 10. The lowest BCUT2D eigenvalue weighted by atomic mass is 10.1. The number of anilines is 2. The van der Waals surface area contributed by atoms with Gasteiger partial charge in [0.2, 0.25) is 0 Å². The molecule has 2 amide bonds. The van der Waals surface area contributed by atoms with Crippen molar-refractivity contribution in [2.75, 3.05) is 30.3 Å². The Hall–Kier alpha value is -3.69. The van der Waals surface area contributed by atoms with Crippen LogP contribution in [-0.2, 0) is 14.8 Å². The molecule has 3 aromatic rings. The molecule has 0 unspecified atom stereocenters. The smallest absolute Gasteiger partial charge is 0.261 e. The molecule has 0 radical (unpaired) electrons. The first-order chi connectivity index (χ1) is 15.9. The Labute approximate surface area is 193 Å². The number of amides is 2. The summed E-state index contributed by atoms with van der Waals surface area (Å²) < 4.78 is 32.6. The molecule has 0 bridgehead atoms. The van der Waals surface area contributed by atoms with Crippen molar-refractivity contribution in [1.82, 2.24) is 5.32 Å². The van der Waals surface area contributed by atoms with Gasteiger partial charge in [0.05, 0.1) is 16.1 Å². The van der Waals surface area contributed by atoms with Crippen molar-refractivity contribution in [3.8, 4) is 0 Å². The predicted molar refractivity (Wildman–Crippen MR) is 127 cm³/mol. The SMILES string of the molecule is COCCCNC(=O)c1ccccc1NC(=O)c1cccc(NS(=O)(=O)c2ccccc2)c1. The summed E-state index contributed by atoms with van der Waals surface area (Å²) >= 11 is 0. The van der Waals surface area contributed by atoms with Gasteiger partial charge in [-0.3, -0.25) is 14.3 Å². The normalized spacial score (nSPS) is 10.9. The van der Waals surface area contributed by atoms with Crippen LogP contribution in [0.2, 0.25) is 0 Å². The minimum Gasteiger partial charge on any atom is -0.385 e. The Balaban J connectivity index is 1.72. The highest BCUT2D eigenvalue weighted by Crippen LogP contribution is 2.20. The fourth-order valence-electron chi connectivity index (χ4n) is 3.04. The van der Waals surface area contributed by atoms with E-state index in [2.05, 4.69) is 15.4 Å². The molecule has 3 N–H and O–H groups in total. The van der Waals surface area contributed by atoms with Crippen molar-refractivity contribution in [2.24, 2.45) is 0 Å². The van der Waals surface area contributed by atoms with Gasteiger partial charge in [-0.2, -0.15) is 0 Å². The molecule has 0 heterocycles. The number of hydrogen-bond donors (Lipinski definition) is 3. The van der Waals surface area contributed by atoms with Crippen LogP contribution in [0.3, 0.4) is 0 Å². The van der Waals surface area contributed by atoms with Crippen LogP contribution in [0, 0.1) is 0 Å². The third-order valence-corrected chi connectivity index (χ3v) is 6.06. The van der Waals surface area contributed by atoms with E-state index >= 15 is 0 Å². The van der Waals surface area contributed by atoms with Crippen LogP contribution < -0.4 is 15.4 Å². The molecule has 3 rings (SSSR count). The summed E-state index contributed by atoms with van der Waals surface area (Å²) in [7, 11) is -2.20. The van der Waals surface area contributed by atoms with Crippen molar-refractivity contribution in [3.63, 3.8) is 0 Å². The molecule has 0 saturated carbocycles. The maximum Gasteiger partial charge on any atom is 0.261 e. The van der Waals surface area contributed by atoms with Crippen LogP contribution >= 0.6 is 0 Å². The fraction of sp³-hybridized carbons (Fsp3) is 0.167. The number of methoxy groups -OCH3 is 1. The second-order valence-corrected chi connectivity index (χ2v) is 8.78. The van der Waals surface area contributed by atoms with E-state index < -0.39 is 15.9 Å². The third kappa shape index (κ3) is 6.64. The number of sulfonamides is 1. The second-order valence-electron chi connectivity index (χ2n) is 7.10. The first kappa shape index (κ1) is 24.0. The lowest BCUT2D eigenvalue weighted by Gasteiger charge is -2.12. The number of para-hydroxylation sites is 1. The molecule has 0 aliphatic rings. The van der Waals surface area contributed by atoms with E-state index in [0.29, 0.717) is 30.8 Å². The molecule has 33 heavy (non-hydrogen) atoms. The molecule has 0 aromatic heterocycles. The van der Waals surface area contributed by atoms with Crippen LogP contribution in [-0.4, -0.2) is 40.5 Å². The first-order valence-corrected chi connectivity index (χ1v) is 11.7. The summed E-state index contributed by atoms with van der Waals surface area (Å²) in [6, 6.07) is 20.7. The zero-order valence-corrected chi connectivity index (χ0v) is 18.9. The van der Waals surface area contributed by atoms with E-state index in [9.17, 15) is 18.0 Å². The minimum atomic E-state index is -3.79. The molecule has 0 fully saturated rings. The van der Waals surface area contributed by atoms with Crippen molar-refractivity contribution < 1.29 is 22.7 Å². The summed E-state index contributed by atoms with van der Waals surface area (Å²) in [5.41, 5.74) is 1.15. The van der Waals surface area contributed by atoms with Crippen LogP contribution in [0.25, 0.3) is 0 Å². The van der Waals surface area contributed by atoms with Crippen molar-refractivity contribution in [2.45, 2.75) is 11.3 Å². The average molecular weight is 468 g/mol. The van der Waals surface area contributed by atoms with Crippen LogP contribution in [0.4, 0.5) is 11.4 Å². The second kappa shape index (κ2) is 11.3. The van der Waals surface area contributed by atoms with E-state index in [1.165, 1.54) is 18.2 Å². The summed E-state index contributed by atoms with van der Waals surface area (Å²) in [5.74, 6) is -0.790. The van der Waals surface area contributed by atoms with Crippen molar-refractivity contribution in [3.05, 3.63) is 90.0 Å². The standard InChI is InChI=1S/C24H25N3O5S/c1-32-16-8-15-25-24(29)21-13-5-6-14-22(21)26-23(28)18-9-7-10-19(17-18)27-33(30,31)20-11-3-2-4-12-20/h2-7,9-14,17,27H,8,15-16H2,1H3,(H,25,29)(H,26,28). The highest BCUT2D eigenvalue weighted by molar-refractivity contribution is 7.92. The predicted octanol–water partition coefficient (Wildman–Crippen LogP) is 3.51. The van der Waals surface area contributed by atoms with Gasteiger partial charge in [0.25, 0.3) is 21.8 Å². The molecular formula is C24H25N3O5S.